The molecule has 3 rings (SSSR count). The van der Waals surface area contributed by atoms with Crippen LogP contribution in [0.1, 0.15) is 63.4 Å². The van der Waals surface area contributed by atoms with Gasteiger partial charge in [0.05, 0.1) is 18.1 Å². The second-order valence-corrected chi connectivity index (χ2v) is 10.8. The van der Waals surface area contributed by atoms with Crippen LogP contribution in [0.3, 0.4) is 0 Å². The molecular weight excluding hydrogens is 441 g/mol. The summed E-state index contributed by atoms with van der Waals surface area (Å²) in [7, 11) is 0. The summed E-state index contributed by atoms with van der Waals surface area (Å²) in [5, 5.41) is 8.12. The first-order valence-electron chi connectivity index (χ1n) is 11.0. The molecule has 1 fully saturated rings. The maximum Gasteiger partial charge on any atom is 0.592 e. The van der Waals surface area contributed by atoms with Crippen LogP contribution < -0.4 is 10.0 Å². The molecule has 1 saturated carbocycles. The van der Waals surface area contributed by atoms with Gasteiger partial charge in [-0.25, -0.2) is 0 Å². The summed E-state index contributed by atoms with van der Waals surface area (Å²) < 4.78 is 53.1. The first-order valence-corrected chi connectivity index (χ1v) is 12.1. The van der Waals surface area contributed by atoms with Crippen molar-refractivity contribution in [3.05, 3.63) is 30.0 Å². The standard InChI is InChI=1S/C22H31F3N4O2S/c1-21(2,3)18(13-26-32(31)22(23,24)25)27-20(30)19-16-11-7-8-12-17(16)29(28-19)14-15-9-5-4-6-10-15/h7-8,11-12,15,18,26H,4-6,9-10,13-14H2,1-3H3,(H,27,30)/t18?,32-/m0/s1. The van der Waals surface area contributed by atoms with Crippen molar-refractivity contribution in [3.63, 3.8) is 0 Å². The Morgan fingerprint density at radius 1 is 1.22 bits per heavy atom. The summed E-state index contributed by atoms with van der Waals surface area (Å²) in [5.74, 6) is 0.0648. The molecule has 0 aliphatic heterocycles. The summed E-state index contributed by atoms with van der Waals surface area (Å²) in [6, 6.07) is 6.80. The Morgan fingerprint density at radius 2 is 1.88 bits per heavy atom. The fraction of sp³-hybridized carbons (Fsp3) is 0.636. The van der Waals surface area contributed by atoms with Crippen molar-refractivity contribution in [1.29, 1.82) is 0 Å². The van der Waals surface area contributed by atoms with Gasteiger partial charge >= 0.3 is 5.51 Å². The van der Waals surface area contributed by atoms with Gasteiger partial charge in [0.1, 0.15) is 0 Å². The van der Waals surface area contributed by atoms with E-state index in [4.69, 9.17) is 0 Å². The van der Waals surface area contributed by atoms with E-state index in [2.05, 4.69) is 10.4 Å². The molecule has 0 spiro atoms. The van der Waals surface area contributed by atoms with Gasteiger partial charge in [0, 0.05) is 11.9 Å². The highest BCUT2D eigenvalue weighted by Crippen LogP contribution is 2.28. The van der Waals surface area contributed by atoms with E-state index in [1.54, 1.807) is 20.8 Å². The highest BCUT2D eigenvalue weighted by atomic mass is 32.2. The molecule has 1 aliphatic carbocycles. The lowest BCUT2D eigenvalue weighted by molar-refractivity contribution is -0.0448. The van der Waals surface area contributed by atoms with Crippen LogP contribution in [-0.2, 0) is 17.9 Å². The molecule has 1 heterocycles. The quantitative estimate of drug-likeness (QED) is 0.580. The van der Waals surface area contributed by atoms with E-state index in [1.807, 2.05) is 33.7 Å². The third-order valence-electron chi connectivity index (χ3n) is 6.01. The monoisotopic (exact) mass is 472 g/mol. The first-order chi connectivity index (χ1) is 15.0. The van der Waals surface area contributed by atoms with E-state index in [9.17, 15) is 22.5 Å². The van der Waals surface area contributed by atoms with E-state index in [-0.39, 0.29) is 12.2 Å². The number of alkyl halides is 3. The number of nitrogens with one attached hydrogen (secondary N) is 2. The number of para-hydroxylation sites is 1. The van der Waals surface area contributed by atoms with Crippen LogP contribution in [-0.4, -0.2) is 38.3 Å². The van der Waals surface area contributed by atoms with Gasteiger partial charge in [-0.2, -0.15) is 5.10 Å². The van der Waals surface area contributed by atoms with Crippen molar-refractivity contribution < 1.29 is 22.5 Å². The summed E-state index contributed by atoms with van der Waals surface area (Å²) in [6.07, 6.45) is 5.95. The molecule has 10 heteroatoms. The van der Waals surface area contributed by atoms with Crippen LogP contribution >= 0.6 is 0 Å². The zero-order valence-corrected chi connectivity index (χ0v) is 19.5. The molecule has 1 aliphatic rings. The Bertz CT molecular complexity index is 920. The van der Waals surface area contributed by atoms with Crippen molar-refractivity contribution in [2.75, 3.05) is 6.54 Å². The lowest BCUT2D eigenvalue weighted by Crippen LogP contribution is -2.52. The van der Waals surface area contributed by atoms with Gasteiger partial charge in [-0.1, -0.05) is 58.2 Å². The molecule has 6 nitrogen and oxygen atoms in total. The molecule has 2 atom stereocenters. The first kappa shape index (κ1) is 24.9. The number of hydrogen-bond donors (Lipinski definition) is 2. The number of hydrogen-bond acceptors (Lipinski definition) is 4. The fourth-order valence-electron chi connectivity index (χ4n) is 4.09. The molecule has 32 heavy (non-hydrogen) atoms. The number of amides is 1. The fourth-order valence-corrected chi connectivity index (χ4v) is 4.57. The predicted octanol–water partition coefficient (Wildman–Crippen LogP) is 4.53. The lowest BCUT2D eigenvalue weighted by Gasteiger charge is -2.31. The second kappa shape index (κ2) is 10.0. The Labute approximate surface area is 189 Å². The van der Waals surface area contributed by atoms with Gasteiger partial charge in [-0.3, -0.25) is 9.48 Å². The molecule has 0 bridgehead atoms. The zero-order valence-electron chi connectivity index (χ0n) is 18.7. The molecule has 2 aromatic rings. The SMILES string of the molecule is CC(C)(C)C(CN[S@@+]([O-])C(F)(F)F)NC(=O)c1nn(CC2CCCCC2)c2ccccc12. The van der Waals surface area contributed by atoms with Gasteiger partial charge in [0.2, 0.25) is 0 Å². The molecule has 0 saturated heterocycles. The maximum absolute atomic E-state index is 13.2. The summed E-state index contributed by atoms with van der Waals surface area (Å²) in [5.41, 5.74) is -4.31. The number of fused-ring (bicyclic) bond motifs is 1. The predicted molar refractivity (Wildman–Crippen MR) is 119 cm³/mol. The number of carbonyl (C=O) groups is 1. The van der Waals surface area contributed by atoms with E-state index in [0.29, 0.717) is 11.3 Å². The van der Waals surface area contributed by atoms with Gasteiger partial charge in [0.25, 0.3) is 5.91 Å². The Kier molecular flexibility index (Phi) is 7.77. The minimum Gasteiger partial charge on any atom is -0.591 e. The van der Waals surface area contributed by atoms with Gasteiger partial charge in [0.15, 0.2) is 17.1 Å². The van der Waals surface area contributed by atoms with Crippen LogP contribution in [0.2, 0.25) is 0 Å². The maximum atomic E-state index is 13.2. The van der Waals surface area contributed by atoms with Crippen LogP contribution in [0.5, 0.6) is 0 Å². The number of halogens is 3. The van der Waals surface area contributed by atoms with Crippen molar-refractivity contribution in [1.82, 2.24) is 19.8 Å². The number of benzene rings is 1. The number of aromatic nitrogens is 2. The highest BCUT2D eigenvalue weighted by molar-refractivity contribution is 7.90. The van der Waals surface area contributed by atoms with Crippen LogP contribution in [0.4, 0.5) is 13.2 Å². The van der Waals surface area contributed by atoms with Crippen LogP contribution in [0, 0.1) is 11.3 Å². The summed E-state index contributed by atoms with van der Waals surface area (Å²) >= 11 is -3.20. The summed E-state index contributed by atoms with van der Waals surface area (Å²) in [6.45, 7) is 5.85. The molecule has 1 aromatic heterocycles. The van der Waals surface area contributed by atoms with Crippen molar-refractivity contribution in [3.8, 4) is 0 Å². The third-order valence-corrected chi connectivity index (χ3v) is 6.86. The Morgan fingerprint density at radius 3 is 2.50 bits per heavy atom. The minimum absolute atomic E-state index is 0.252. The number of nitrogens with zero attached hydrogens (tertiary/aromatic N) is 2. The number of carbonyl (C=O) groups excluding carboxylic acids is 1. The van der Waals surface area contributed by atoms with Crippen molar-refractivity contribution in [2.45, 2.75) is 71.0 Å². The van der Waals surface area contributed by atoms with Crippen LogP contribution in [0.25, 0.3) is 10.9 Å². The Balaban J connectivity index is 1.79. The number of rotatable bonds is 7. The minimum atomic E-state index is -4.86. The topological polar surface area (TPSA) is 82.0 Å². The normalized spacial score (nSPS) is 18.0. The Hall–Kier alpha value is -1.78. The third kappa shape index (κ3) is 6.17. The van der Waals surface area contributed by atoms with Crippen LogP contribution in [0.15, 0.2) is 24.3 Å². The average Bonchev–Trinajstić information content (AvgIpc) is 3.08. The van der Waals surface area contributed by atoms with Gasteiger partial charge in [-0.05, 0) is 30.2 Å². The summed E-state index contributed by atoms with van der Waals surface area (Å²) in [4.78, 5) is 13.2. The van der Waals surface area contributed by atoms with E-state index >= 15 is 0 Å². The smallest absolute Gasteiger partial charge is 0.591 e. The molecule has 1 unspecified atom stereocenters. The van der Waals surface area contributed by atoms with Crippen molar-refractivity contribution >= 4 is 28.2 Å². The molecule has 1 amide bonds. The van der Waals surface area contributed by atoms with E-state index < -0.39 is 34.2 Å². The lowest BCUT2D eigenvalue weighted by atomic mass is 9.86. The second-order valence-electron chi connectivity index (χ2n) is 9.51. The molecule has 2 N–H and O–H groups in total. The average molecular weight is 473 g/mol. The molecular formula is C22H31F3N4O2S. The highest BCUT2D eigenvalue weighted by Gasteiger charge is 2.46. The van der Waals surface area contributed by atoms with Crippen molar-refractivity contribution in [2.24, 2.45) is 11.3 Å². The zero-order chi connectivity index (χ0) is 23.5. The molecule has 178 valence electrons. The van der Waals surface area contributed by atoms with Gasteiger partial charge < -0.3 is 9.87 Å². The van der Waals surface area contributed by atoms with E-state index in [0.717, 1.165) is 24.9 Å². The van der Waals surface area contributed by atoms with Gasteiger partial charge in [-0.15, -0.1) is 17.9 Å². The largest absolute Gasteiger partial charge is 0.592 e. The molecule has 0 radical (unpaired) electrons. The van der Waals surface area contributed by atoms with E-state index in [1.165, 1.54) is 19.3 Å². The molecule has 1 aromatic carbocycles.